The van der Waals surface area contributed by atoms with E-state index < -0.39 is 0 Å². The zero-order chi connectivity index (χ0) is 13.9. The molecule has 0 radical (unpaired) electrons. The first-order valence-corrected chi connectivity index (χ1v) is 8.18. The molecule has 0 aliphatic heterocycles. The quantitative estimate of drug-likeness (QED) is 0.634. The van der Waals surface area contributed by atoms with E-state index in [1.165, 1.54) is 19.3 Å². The maximum Gasteiger partial charge on any atom is 0.138 e. The maximum atomic E-state index is 12.3. The number of fused-ring (bicyclic) bond motifs is 5. The molecule has 4 atom stereocenters. The SMILES string of the molecule is CC1(C)C[C@@H]2C3=CC=C4C=CC[C@H]4[C@@H]3CCC2CC1=O. The molecular formula is C19H24O. The van der Waals surface area contributed by atoms with Gasteiger partial charge in [0.15, 0.2) is 0 Å². The summed E-state index contributed by atoms with van der Waals surface area (Å²) in [4.78, 5) is 12.3. The molecule has 1 nitrogen and oxygen atoms in total. The predicted octanol–water partition coefficient (Wildman–Crippen LogP) is 4.46. The van der Waals surface area contributed by atoms with Crippen LogP contribution in [0.25, 0.3) is 0 Å². The molecule has 0 saturated heterocycles. The normalized spacial score (nSPS) is 41.4. The topological polar surface area (TPSA) is 17.1 Å². The van der Waals surface area contributed by atoms with Gasteiger partial charge < -0.3 is 0 Å². The second-order valence-corrected chi connectivity index (χ2v) is 7.84. The van der Waals surface area contributed by atoms with E-state index in [0.29, 0.717) is 17.6 Å². The molecule has 0 bridgehead atoms. The highest BCUT2D eigenvalue weighted by Gasteiger charge is 2.47. The summed E-state index contributed by atoms with van der Waals surface area (Å²) in [5.41, 5.74) is 3.12. The Labute approximate surface area is 121 Å². The summed E-state index contributed by atoms with van der Waals surface area (Å²) in [5.74, 6) is 3.29. The van der Waals surface area contributed by atoms with Crippen molar-refractivity contribution in [3.05, 3.63) is 35.5 Å². The Kier molecular flexibility index (Phi) is 2.64. The molecule has 4 aliphatic rings. The first kappa shape index (κ1) is 12.6. The van der Waals surface area contributed by atoms with Gasteiger partial charge in [0.25, 0.3) is 0 Å². The van der Waals surface area contributed by atoms with E-state index in [-0.39, 0.29) is 5.41 Å². The van der Waals surface area contributed by atoms with E-state index in [2.05, 4.69) is 38.2 Å². The maximum absolute atomic E-state index is 12.3. The van der Waals surface area contributed by atoms with Crippen LogP contribution in [0.15, 0.2) is 35.5 Å². The molecule has 0 aromatic carbocycles. The standard InChI is InChI=1S/C19H24O/c1-19(2)11-17-13(10-18(19)20)7-9-15-14-5-3-4-12(14)6-8-16(15)17/h3-4,6,8,13-15,17H,5,7,9-11H2,1-2H3/t13?,14-,15+,17+/m1/s1. The average Bonchev–Trinajstić information content (AvgIpc) is 2.88. The van der Waals surface area contributed by atoms with Crippen LogP contribution in [0.4, 0.5) is 0 Å². The summed E-state index contributed by atoms with van der Waals surface area (Å²) < 4.78 is 0. The van der Waals surface area contributed by atoms with Gasteiger partial charge in [-0.15, -0.1) is 0 Å². The summed E-state index contributed by atoms with van der Waals surface area (Å²) in [6.45, 7) is 4.30. The number of hydrogen-bond donors (Lipinski definition) is 0. The first-order valence-electron chi connectivity index (χ1n) is 8.18. The third kappa shape index (κ3) is 1.71. The summed E-state index contributed by atoms with van der Waals surface area (Å²) in [6, 6.07) is 0. The Balaban J connectivity index is 1.69. The van der Waals surface area contributed by atoms with Crippen molar-refractivity contribution in [3.63, 3.8) is 0 Å². The number of carbonyl (C=O) groups is 1. The van der Waals surface area contributed by atoms with E-state index in [4.69, 9.17) is 0 Å². The highest BCUT2D eigenvalue weighted by molar-refractivity contribution is 5.85. The molecule has 0 aromatic heterocycles. The van der Waals surface area contributed by atoms with E-state index in [1.807, 2.05) is 0 Å². The van der Waals surface area contributed by atoms with Crippen molar-refractivity contribution >= 4 is 5.78 Å². The molecule has 2 fully saturated rings. The number of hydrogen-bond acceptors (Lipinski definition) is 1. The van der Waals surface area contributed by atoms with Crippen LogP contribution in [-0.2, 0) is 4.79 Å². The molecule has 0 aromatic rings. The van der Waals surface area contributed by atoms with Crippen molar-refractivity contribution in [2.45, 2.75) is 46.0 Å². The fourth-order valence-electron chi connectivity index (χ4n) is 5.07. The van der Waals surface area contributed by atoms with E-state index in [9.17, 15) is 4.79 Å². The lowest BCUT2D eigenvalue weighted by molar-refractivity contribution is -0.133. The van der Waals surface area contributed by atoms with Crippen LogP contribution in [0.5, 0.6) is 0 Å². The highest BCUT2D eigenvalue weighted by atomic mass is 16.1. The Morgan fingerprint density at radius 1 is 1.10 bits per heavy atom. The summed E-state index contributed by atoms with van der Waals surface area (Å²) in [7, 11) is 0. The number of rotatable bonds is 0. The van der Waals surface area contributed by atoms with Crippen molar-refractivity contribution in [1.29, 1.82) is 0 Å². The van der Waals surface area contributed by atoms with Gasteiger partial charge in [0, 0.05) is 11.8 Å². The number of carbonyl (C=O) groups excluding carboxylic acids is 1. The zero-order valence-electron chi connectivity index (χ0n) is 12.6. The largest absolute Gasteiger partial charge is 0.299 e. The summed E-state index contributed by atoms with van der Waals surface area (Å²) >= 11 is 0. The minimum absolute atomic E-state index is 0.109. The molecule has 0 spiro atoms. The Morgan fingerprint density at radius 3 is 2.80 bits per heavy atom. The minimum Gasteiger partial charge on any atom is -0.299 e. The molecule has 0 N–H and O–H groups in total. The summed E-state index contributed by atoms with van der Waals surface area (Å²) in [6.07, 6.45) is 15.1. The van der Waals surface area contributed by atoms with Crippen LogP contribution in [0.2, 0.25) is 0 Å². The average molecular weight is 268 g/mol. The van der Waals surface area contributed by atoms with E-state index >= 15 is 0 Å². The zero-order valence-corrected chi connectivity index (χ0v) is 12.6. The highest BCUT2D eigenvalue weighted by Crippen LogP contribution is 2.54. The monoisotopic (exact) mass is 268 g/mol. The van der Waals surface area contributed by atoms with E-state index in [1.54, 1.807) is 11.1 Å². The fraction of sp³-hybridized carbons (Fsp3) is 0.632. The Bertz CT molecular complexity index is 546. The van der Waals surface area contributed by atoms with Crippen LogP contribution < -0.4 is 0 Å². The smallest absolute Gasteiger partial charge is 0.138 e. The molecule has 106 valence electrons. The van der Waals surface area contributed by atoms with Gasteiger partial charge in [0.05, 0.1) is 0 Å². The van der Waals surface area contributed by atoms with Gasteiger partial charge in [0.2, 0.25) is 0 Å². The fourth-order valence-corrected chi connectivity index (χ4v) is 5.07. The second-order valence-electron chi connectivity index (χ2n) is 7.84. The van der Waals surface area contributed by atoms with Crippen LogP contribution in [0.3, 0.4) is 0 Å². The van der Waals surface area contributed by atoms with Gasteiger partial charge in [-0.2, -0.15) is 0 Å². The van der Waals surface area contributed by atoms with Crippen LogP contribution in [0.1, 0.15) is 46.0 Å². The molecule has 20 heavy (non-hydrogen) atoms. The van der Waals surface area contributed by atoms with Crippen LogP contribution in [-0.4, -0.2) is 5.78 Å². The lowest BCUT2D eigenvalue weighted by Gasteiger charge is -2.48. The number of ketones is 1. The van der Waals surface area contributed by atoms with Gasteiger partial charge in [-0.25, -0.2) is 0 Å². The predicted molar refractivity (Wildman–Crippen MR) is 81.1 cm³/mol. The summed E-state index contributed by atoms with van der Waals surface area (Å²) in [5, 5.41) is 0. The lowest BCUT2D eigenvalue weighted by Crippen LogP contribution is -2.43. The molecule has 1 heteroatoms. The van der Waals surface area contributed by atoms with Crippen LogP contribution >= 0.6 is 0 Å². The van der Waals surface area contributed by atoms with Crippen molar-refractivity contribution in [2.75, 3.05) is 0 Å². The first-order chi connectivity index (χ1) is 9.56. The Morgan fingerprint density at radius 2 is 1.95 bits per heavy atom. The minimum atomic E-state index is -0.109. The molecule has 1 unspecified atom stereocenters. The van der Waals surface area contributed by atoms with Gasteiger partial charge in [-0.05, 0) is 54.9 Å². The van der Waals surface area contributed by atoms with E-state index in [0.717, 1.165) is 24.7 Å². The molecule has 0 amide bonds. The molecule has 4 aliphatic carbocycles. The van der Waals surface area contributed by atoms with Crippen molar-refractivity contribution in [1.82, 2.24) is 0 Å². The van der Waals surface area contributed by atoms with Gasteiger partial charge in [-0.1, -0.05) is 43.7 Å². The molecule has 4 rings (SSSR count). The number of Topliss-reactive ketones (excluding diaryl/α,β-unsaturated/α-hetero) is 1. The second kappa shape index (κ2) is 4.19. The van der Waals surface area contributed by atoms with Gasteiger partial charge in [0.1, 0.15) is 5.78 Å². The van der Waals surface area contributed by atoms with Crippen molar-refractivity contribution in [2.24, 2.45) is 29.1 Å². The van der Waals surface area contributed by atoms with Crippen molar-refractivity contribution < 1.29 is 4.79 Å². The molecular weight excluding hydrogens is 244 g/mol. The third-order valence-electron chi connectivity index (χ3n) is 6.29. The molecule has 0 heterocycles. The molecule has 2 saturated carbocycles. The lowest BCUT2D eigenvalue weighted by atomic mass is 9.55. The number of allylic oxidation sites excluding steroid dienone is 6. The Hall–Kier alpha value is -1.11. The van der Waals surface area contributed by atoms with Gasteiger partial charge in [-0.3, -0.25) is 4.79 Å². The van der Waals surface area contributed by atoms with Crippen LogP contribution in [0, 0.1) is 29.1 Å². The van der Waals surface area contributed by atoms with Crippen molar-refractivity contribution in [3.8, 4) is 0 Å². The van der Waals surface area contributed by atoms with Gasteiger partial charge >= 0.3 is 0 Å². The third-order valence-corrected chi connectivity index (χ3v) is 6.29.